The second kappa shape index (κ2) is 27.8. The smallest absolute Gasteiger partial charge is 0.305 e. The van der Waals surface area contributed by atoms with Gasteiger partial charge >= 0.3 is 5.97 Å². The van der Waals surface area contributed by atoms with Gasteiger partial charge in [-0.1, -0.05) is 87.2 Å². The van der Waals surface area contributed by atoms with Crippen molar-refractivity contribution in [3.63, 3.8) is 0 Å². The largest absolute Gasteiger partial charge is 0.481 e. The number of hydrogen-bond acceptors (Lipinski definition) is 9. The van der Waals surface area contributed by atoms with Gasteiger partial charge in [0.05, 0.1) is 54.6 Å². The zero-order valence-electron chi connectivity index (χ0n) is 35.8. The van der Waals surface area contributed by atoms with E-state index in [9.17, 15) is 38.7 Å². The van der Waals surface area contributed by atoms with Crippen molar-refractivity contribution < 1.29 is 48.1 Å². The van der Waals surface area contributed by atoms with Gasteiger partial charge < -0.3 is 46.5 Å². The van der Waals surface area contributed by atoms with Crippen LogP contribution in [0.4, 0.5) is 0 Å². The third-order valence-electron chi connectivity index (χ3n) is 9.43. The summed E-state index contributed by atoms with van der Waals surface area (Å²) in [5.41, 5.74) is 0. The van der Waals surface area contributed by atoms with Crippen molar-refractivity contribution in [2.45, 2.75) is 160 Å². The quantitative estimate of drug-likeness (QED) is 0.119. The second-order valence-electron chi connectivity index (χ2n) is 17.0. The highest BCUT2D eigenvalue weighted by Crippen LogP contribution is 2.18. The molecule has 16 nitrogen and oxygen atoms in total. The van der Waals surface area contributed by atoms with E-state index in [1.165, 1.54) is 6.92 Å². The molecule has 1 saturated heterocycles. The molecule has 0 spiro atoms. The first kappa shape index (κ1) is 53.2. The highest BCUT2D eigenvalue weighted by Gasteiger charge is 2.29. The van der Waals surface area contributed by atoms with Gasteiger partial charge in [0.1, 0.15) is 0 Å². The predicted octanol–water partition coefficient (Wildman–Crippen LogP) is 3.32. The van der Waals surface area contributed by atoms with E-state index in [-0.39, 0.29) is 122 Å². The van der Waals surface area contributed by atoms with Gasteiger partial charge in [-0.2, -0.15) is 0 Å². The third-order valence-corrected chi connectivity index (χ3v) is 11.9. The van der Waals surface area contributed by atoms with Crippen molar-refractivity contribution in [3.8, 4) is 0 Å². The number of carbonyl (C=O) groups is 7. The Bertz CT molecular complexity index is 1330. The summed E-state index contributed by atoms with van der Waals surface area (Å²) in [6, 6.07) is -3.59. The van der Waals surface area contributed by atoms with Gasteiger partial charge in [-0.3, -0.25) is 33.6 Å². The monoisotopic (exact) mass is 952 g/mol. The van der Waals surface area contributed by atoms with E-state index in [1.54, 1.807) is 0 Å². The van der Waals surface area contributed by atoms with Gasteiger partial charge in [-0.15, -0.1) is 0 Å². The van der Waals surface area contributed by atoms with Crippen LogP contribution < -0.4 is 31.9 Å². The molecule has 1 aliphatic heterocycles. The third kappa shape index (κ3) is 24.3. The highest BCUT2D eigenvalue weighted by atomic mass is 79.9. The molecular weight excluding hydrogens is 884 g/mol. The fourth-order valence-corrected chi connectivity index (χ4v) is 7.22. The topological polar surface area (TPSA) is 230 Å². The molecule has 1 heterocycles. The summed E-state index contributed by atoms with van der Waals surface area (Å²) in [7, 11) is 0. The maximum absolute atomic E-state index is 13.5. The first-order valence-corrected chi connectivity index (χ1v) is 22.3. The number of rotatable bonds is 15. The fraction of sp³-hybridized carbons (Fsp3) is 0.825. The molecule has 0 aromatic rings. The van der Waals surface area contributed by atoms with Crippen molar-refractivity contribution in [2.75, 3.05) is 26.4 Å². The number of ether oxygens (including phenoxy) is 2. The van der Waals surface area contributed by atoms with E-state index in [2.05, 4.69) is 63.8 Å². The van der Waals surface area contributed by atoms with E-state index >= 15 is 0 Å². The van der Waals surface area contributed by atoms with Crippen LogP contribution in [0.15, 0.2) is 0 Å². The van der Waals surface area contributed by atoms with E-state index in [4.69, 9.17) is 9.47 Å². The predicted molar refractivity (Wildman–Crippen MR) is 228 cm³/mol. The summed E-state index contributed by atoms with van der Waals surface area (Å²) in [4.78, 5) is 89.6. The lowest BCUT2D eigenvalue weighted by Crippen LogP contribution is -2.49. The van der Waals surface area contributed by atoms with Crippen molar-refractivity contribution in [1.82, 2.24) is 31.9 Å². The number of carboxylic acid groups (broad SMARTS) is 1. The van der Waals surface area contributed by atoms with Crippen LogP contribution in [0.1, 0.15) is 114 Å². The van der Waals surface area contributed by atoms with Gasteiger partial charge in [-0.05, 0) is 36.5 Å². The molecule has 0 radical (unpaired) electrons. The molecule has 0 aromatic heterocycles. The van der Waals surface area contributed by atoms with Crippen LogP contribution in [0, 0.1) is 23.7 Å². The lowest BCUT2D eigenvalue weighted by Gasteiger charge is -2.27. The molecular formula is C40H70Br2N6O10. The minimum absolute atomic E-state index is 0.00524. The Hall–Kier alpha value is -2.83. The number of carboxylic acids is 1. The number of aliphatic carboxylic acids is 1. The Morgan fingerprint density at radius 3 is 1.83 bits per heavy atom. The molecule has 0 aromatic carbocycles. The molecule has 0 aliphatic carbocycles. The summed E-state index contributed by atoms with van der Waals surface area (Å²) in [5.74, 6) is -3.10. The van der Waals surface area contributed by atoms with E-state index in [0.717, 1.165) is 0 Å². The minimum atomic E-state index is -1.03. The maximum Gasteiger partial charge on any atom is 0.305 e. The summed E-state index contributed by atoms with van der Waals surface area (Å²) < 4.78 is 12.0. The molecule has 0 bridgehead atoms. The van der Waals surface area contributed by atoms with Crippen molar-refractivity contribution in [3.05, 3.63) is 0 Å². The van der Waals surface area contributed by atoms with E-state index in [1.807, 2.05) is 55.4 Å². The van der Waals surface area contributed by atoms with E-state index in [0.29, 0.717) is 12.8 Å². The molecule has 58 heavy (non-hydrogen) atoms. The Kier molecular flexibility index (Phi) is 25.5. The number of nitrogens with one attached hydrogen (secondary N) is 6. The first-order chi connectivity index (χ1) is 27.0. The number of amides is 6. The summed E-state index contributed by atoms with van der Waals surface area (Å²) >= 11 is 7.24. The average molecular weight is 955 g/mol. The molecule has 0 saturated carbocycles. The zero-order chi connectivity index (χ0) is 44.1. The first-order valence-electron chi connectivity index (χ1n) is 20.4. The van der Waals surface area contributed by atoms with Crippen molar-refractivity contribution in [2.24, 2.45) is 23.7 Å². The van der Waals surface area contributed by atoms with Crippen LogP contribution in [-0.4, -0.2) is 119 Å². The van der Waals surface area contributed by atoms with Gasteiger partial charge in [0.25, 0.3) is 0 Å². The summed E-state index contributed by atoms with van der Waals surface area (Å²) in [6.45, 7) is 17.0. The normalized spacial score (nSPS) is 24.8. The Labute approximate surface area is 361 Å². The SMILES string of the molecule is CC(=O)N[C@H](CC(=O)N[C@H]1COCC(Br)C(Br)COC[C@@H](CC(=O)N[C@@H](CC(=O)O)CC(C)C)NC(=O)C[C@H](C(C)C)NC(=O)C[C@H](CC(C)C)NC(=O)C1)C(C)C. The van der Waals surface area contributed by atoms with Gasteiger partial charge in [0.2, 0.25) is 35.4 Å². The lowest BCUT2D eigenvalue weighted by molar-refractivity contribution is -0.138. The Balaban J connectivity index is 3.36. The number of carbonyl (C=O) groups excluding carboxylic acids is 6. The average Bonchev–Trinajstić information content (AvgIpc) is 3.05. The minimum Gasteiger partial charge on any atom is -0.481 e. The lowest BCUT2D eigenvalue weighted by atomic mass is 9.97. The second-order valence-corrected chi connectivity index (χ2v) is 19.4. The Morgan fingerprint density at radius 2 is 1.29 bits per heavy atom. The number of hydrogen-bond donors (Lipinski definition) is 7. The standard InChI is InChI=1S/C40H70Br2N6O10/c1-22(2)10-27-12-37(52)48-34(25(7)8)17-39(54)47-30(14-36(51)45-28(11-23(3)4)15-40(55)56)19-58-21-32(42)31(41)20-57-18-29(13-35(50)44-27)46-38(53)16-33(24(5)6)43-26(9)49/h22-25,27-34H,10-21H2,1-9H3,(H,43,49)(H,44,50)(H,45,51)(H,46,53)(H,47,54)(H,48,52)(H,55,56)/t27-,28+,29+,30+,31?,32?,33+,34+/m0/s1. The van der Waals surface area contributed by atoms with Gasteiger partial charge in [-0.25, -0.2) is 0 Å². The maximum atomic E-state index is 13.5. The van der Waals surface area contributed by atoms with Crippen LogP contribution in [0.5, 0.6) is 0 Å². The van der Waals surface area contributed by atoms with Crippen LogP contribution in [-0.2, 0) is 43.0 Å². The van der Waals surface area contributed by atoms with Crippen LogP contribution in [0.3, 0.4) is 0 Å². The highest BCUT2D eigenvalue weighted by molar-refractivity contribution is 9.12. The molecule has 334 valence electrons. The summed E-state index contributed by atoms with van der Waals surface area (Å²) in [6.07, 6.45) is 0.313. The fourth-order valence-electron chi connectivity index (χ4n) is 6.54. The molecule has 6 amide bonds. The van der Waals surface area contributed by atoms with Gasteiger partial charge in [0, 0.05) is 63.2 Å². The molecule has 2 unspecified atom stereocenters. The number of halogens is 2. The molecule has 1 fully saturated rings. The van der Waals surface area contributed by atoms with E-state index < -0.39 is 54.0 Å². The molecule has 1 aliphatic rings. The molecule has 18 heteroatoms. The Morgan fingerprint density at radius 1 is 0.724 bits per heavy atom. The summed E-state index contributed by atoms with van der Waals surface area (Å²) in [5, 5.41) is 26.7. The van der Waals surface area contributed by atoms with Gasteiger partial charge in [0.15, 0.2) is 0 Å². The van der Waals surface area contributed by atoms with Crippen molar-refractivity contribution in [1.29, 1.82) is 0 Å². The molecule has 7 N–H and O–H groups in total. The molecule has 8 atom stereocenters. The zero-order valence-corrected chi connectivity index (χ0v) is 39.0. The van der Waals surface area contributed by atoms with Crippen molar-refractivity contribution >= 4 is 73.3 Å². The van der Waals surface area contributed by atoms with Crippen LogP contribution in [0.2, 0.25) is 0 Å². The van der Waals surface area contributed by atoms with Crippen LogP contribution >= 0.6 is 31.9 Å². The number of alkyl halides is 2. The van der Waals surface area contributed by atoms with Crippen LogP contribution in [0.25, 0.3) is 0 Å². The molecule has 1 rings (SSSR count).